The van der Waals surface area contributed by atoms with Crippen LogP contribution in [0, 0.1) is 5.92 Å². The van der Waals surface area contributed by atoms with Crippen molar-refractivity contribution in [1.29, 1.82) is 0 Å². The smallest absolute Gasteiger partial charge is 0.251 e. The first-order chi connectivity index (χ1) is 14.1. The summed E-state index contributed by atoms with van der Waals surface area (Å²) in [5.74, 6) is 3.30. The molecule has 1 saturated carbocycles. The molecule has 29 heavy (non-hydrogen) atoms. The number of carbonyl (C=O) groups is 1. The maximum atomic E-state index is 12.4. The number of anilines is 2. The van der Waals surface area contributed by atoms with Gasteiger partial charge < -0.3 is 25.0 Å². The molecule has 0 radical (unpaired) electrons. The van der Waals surface area contributed by atoms with Crippen LogP contribution in [0.3, 0.4) is 0 Å². The van der Waals surface area contributed by atoms with Gasteiger partial charge in [-0.05, 0) is 55.9 Å². The van der Waals surface area contributed by atoms with Gasteiger partial charge in [0, 0.05) is 38.4 Å². The normalized spacial score (nSPS) is 20.2. The minimum atomic E-state index is -0.0718. The van der Waals surface area contributed by atoms with Crippen molar-refractivity contribution in [2.45, 2.75) is 31.7 Å². The van der Waals surface area contributed by atoms with E-state index in [0.29, 0.717) is 41.5 Å². The van der Waals surface area contributed by atoms with E-state index in [1.165, 1.54) is 0 Å². The molecule has 4 rings (SSSR count). The lowest BCUT2D eigenvalue weighted by molar-refractivity contribution is 0.0943. The monoisotopic (exact) mass is 397 g/mol. The van der Waals surface area contributed by atoms with Crippen molar-refractivity contribution in [1.82, 2.24) is 15.3 Å². The first-order valence-electron chi connectivity index (χ1n) is 10.0. The van der Waals surface area contributed by atoms with Crippen molar-refractivity contribution in [3.05, 3.63) is 36.0 Å². The Morgan fingerprint density at radius 3 is 2.72 bits per heavy atom. The molecular formula is C21H27N5O3. The molecule has 2 N–H and O–H groups in total. The lowest BCUT2D eigenvalue weighted by Gasteiger charge is -2.29. The number of hydrogen-bond donors (Lipinski definition) is 2. The van der Waals surface area contributed by atoms with E-state index >= 15 is 0 Å². The Morgan fingerprint density at radius 2 is 1.93 bits per heavy atom. The predicted molar refractivity (Wildman–Crippen MR) is 111 cm³/mol. The zero-order chi connectivity index (χ0) is 20.2. The fraction of sp³-hybridized carbons (Fsp3) is 0.476. The Labute approximate surface area is 170 Å². The number of hydrogen-bond acceptors (Lipinski definition) is 7. The molecule has 2 heterocycles. The molecule has 0 unspecified atom stereocenters. The highest BCUT2D eigenvalue weighted by molar-refractivity contribution is 5.94. The van der Waals surface area contributed by atoms with Gasteiger partial charge in [-0.15, -0.1) is 0 Å². The summed E-state index contributed by atoms with van der Waals surface area (Å²) >= 11 is 0. The first kappa shape index (κ1) is 19.3. The van der Waals surface area contributed by atoms with E-state index in [2.05, 4.69) is 20.6 Å². The van der Waals surface area contributed by atoms with E-state index in [9.17, 15) is 4.79 Å². The van der Waals surface area contributed by atoms with Crippen LogP contribution in [0.15, 0.2) is 30.5 Å². The SMILES string of the molecule is CN(C)c1ccnc(N[C@H]2CC[C@@H](CNC(=O)c3ccc4c(c3)OCO4)CC2)n1. The van der Waals surface area contributed by atoms with Crippen molar-refractivity contribution >= 4 is 17.7 Å². The Hall–Kier alpha value is -3.03. The summed E-state index contributed by atoms with van der Waals surface area (Å²) in [6.07, 6.45) is 5.99. The van der Waals surface area contributed by atoms with Crippen molar-refractivity contribution in [3.8, 4) is 11.5 Å². The van der Waals surface area contributed by atoms with E-state index in [0.717, 1.165) is 31.5 Å². The quantitative estimate of drug-likeness (QED) is 0.775. The fourth-order valence-corrected chi connectivity index (χ4v) is 3.74. The third kappa shape index (κ3) is 4.70. The van der Waals surface area contributed by atoms with Crippen molar-refractivity contribution < 1.29 is 14.3 Å². The highest BCUT2D eigenvalue weighted by Crippen LogP contribution is 2.32. The minimum absolute atomic E-state index is 0.0718. The van der Waals surface area contributed by atoms with Crippen LogP contribution in [0.1, 0.15) is 36.0 Å². The zero-order valence-corrected chi connectivity index (χ0v) is 16.9. The first-order valence-corrected chi connectivity index (χ1v) is 10.0. The Kier molecular flexibility index (Phi) is 5.69. The van der Waals surface area contributed by atoms with Crippen LogP contribution in [0.4, 0.5) is 11.8 Å². The van der Waals surface area contributed by atoms with Crippen LogP contribution in [0.25, 0.3) is 0 Å². The van der Waals surface area contributed by atoms with Gasteiger partial charge in [0.15, 0.2) is 11.5 Å². The minimum Gasteiger partial charge on any atom is -0.454 e. The van der Waals surface area contributed by atoms with Crippen molar-refractivity contribution in [2.24, 2.45) is 5.92 Å². The molecule has 1 amide bonds. The number of rotatable bonds is 6. The molecule has 1 aliphatic carbocycles. The van der Waals surface area contributed by atoms with E-state index in [1.54, 1.807) is 24.4 Å². The summed E-state index contributed by atoms with van der Waals surface area (Å²) in [4.78, 5) is 23.3. The van der Waals surface area contributed by atoms with E-state index < -0.39 is 0 Å². The molecule has 154 valence electrons. The maximum absolute atomic E-state index is 12.4. The second kappa shape index (κ2) is 8.55. The van der Waals surface area contributed by atoms with Crippen LogP contribution < -0.4 is 25.0 Å². The molecule has 2 aromatic rings. The molecule has 1 aliphatic heterocycles. The molecular weight excluding hydrogens is 370 g/mol. The predicted octanol–water partition coefficient (Wildman–Crippen LogP) is 2.67. The van der Waals surface area contributed by atoms with Crippen LogP contribution in [-0.4, -0.2) is 49.4 Å². The Morgan fingerprint density at radius 1 is 1.14 bits per heavy atom. The van der Waals surface area contributed by atoms with Gasteiger partial charge >= 0.3 is 0 Å². The molecule has 0 spiro atoms. The highest BCUT2D eigenvalue weighted by Gasteiger charge is 2.23. The van der Waals surface area contributed by atoms with Gasteiger partial charge in [0.25, 0.3) is 5.91 Å². The topological polar surface area (TPSA) is 88.6 Å². The van der Waals surface area contributed by atoms with Gasteiger partial charge in [-0.25, -0.2) is 4.98 Å². The van der Waals surface area contributed by atoms with Crippen molar-refractivity contribution in [2.75, 3.05) is 37.6 Å². The van der Waals surface area contributed by atoms with Crippen LogP contribution >= 0.6 is 0 Å². The Balaban J connectivity index is 1.23. The van der Waals surface area contributed by atoms with E-state index in [-0.39, 0.29) is 12.7 Å². The summed E-state index contributed by atoms with van der Waals surface area (Å²) in [6.45, 7) is 0.898. The third-order valence-corrected chi connectivity index (χ3v) is 5.47. The van der Waals surface area contributed by atoms with E-state index in [4.69, 9.17) is 9.47 Å². The summed E-state index contributed by atoms with van der Waals surface area (Å²) in [5, 5.41) is 6.51. The molecule has 1 fully saturated rings. The summed E-state index contributed by atoms with van der Waals surface area (Å²) in [7, 11) is 3.93. The molecule has 0 bridgehead atoms. The van der Waals surface area contributed by atoms with Gasteiger partial charge in [0.2, 0.25) is 12.7 Å². The number of carbonyl (C=O) groups excluding carboxylic acids is 1. The number of nitrogens with one attached hydrogen (secondary N) is 2. The number of ether oxygens (including phenoxy) is 2. The van der Waals surface area contributed by atoms with Crippen LogP contribution in [-0.2, 0) is 0 Å². The van der Waals surface area contributed by atoms with Gasteiger partial charge in [-0.3, -0.25) is 4.79 Å². The van der Waals surface area contributed by atoms with Gasteiger partial charge in [-0.2, -0.15) is 4.98 Å². The summed E-state index contributed by atoms with van der Waals surface area (Å²) in [6, 6.07) is 7.55. The second-order valence-electron chi connectivity index (χ2n) is 7.77. The molecule has 2 aliphatic rings. The van der Waals surface area contributed by atoms with Crippen molar-refractivity contribution in [3.63, 3.8) is 0 Å². The van der Waals surface area contributed by atoms with Gasteiger partial charge in [0.05, 0.1) is 0 Å². The zero-order valence-electron chi connectivity index (χ0n) is 16.9. The lowest BCUT2D eigenvalue weighted by atomic mass is 9.86. The summed E-state index contributed by atoms with van der Waals surface area (Å²) < 4.78 is 10.6. The number of nitrogens with zero attached hydrogens (tertiary/aromatic N) is 3. The van der Waals surface area contributed by atoms with Gasteiger partial charge in [0.1, 0.15) is 5.82 Å². The molecule has 1 aromatic heterocycles. The average molecular weight is 397 g/mol. The van der Waals surface area contributed by atoms with E-state index in [1.807, 2.05) is 25.1 Å². The standard InChI is InChI=1S/C21H27N5O3/c1-26(2)19-9-10-22-21(25-19)24-16-6-3-14(4-7-16)12-23-20(27)15-5-8-17-18(11-15)29-13-28-17/h5,8-11,14,16H,3-4,6-7,12-13H2,1-2H3,(H,23,27)(H,22,24,25)/t14-,16+. The highest BCUT2D eigenvalue weighted by atomic mass is 16.7. The summed E-state index contributed by atoms with van der Waals surface area (Å²) in [5.41, 5.74) is 0.600. The molecule has 8 heteroatoms. The number of benzene rings is 1. The largest absolute Gasteiger partial charge is 0.454 e. The van der Waals surface area contributed by atoms with Gasteiger partial charge in [-0.1, -0.05) is 0 Å². The Bertz CT molecular complexity index is 865. The van der Waals surface area contributed by atoms with Crippen LogP contribution in [0.5, 0.6) is 11.5 Å². The third-order valence-electron chi connectivity index (χ3n) is 5.47. The van der Waals surface area contributed by atoms with Crippen LogP contribution in [0.2, 0.25) is 0 Å². The fourth-order valence-electron chi connectivity index (χ4n) is 3.74. The molecule has 0 saturated heterocycles. The number of fused-ring (bicyclic) bond motifs is 1. The number of amides is 1. The molecule has 1 aromatic carbocycles. The molecule has 0 atom stereocenters. The number of aromatic nitrogens is 2. The second-order valence-corrected chi connectivity index (χ2v) is 7.77. The average Bonchev–Trinajstić information content (AvgIpc) is 3.21. The molecule has 8 nitrogen and oxygen atoms in total. The maximum Gasteiger partial charge on any atom is 0.251 e. The lowest BCUT2D eigenvalue weighted by Crippen LogP contribution is -2.34.